The Labute approximate surface area is 137 Å². The summed E-state index contributed by atoms with van der Waals surface area (Å²) in [5.41, 5.74) is 6.60. The summed E-state index contributed by atoms with van der Waals surface area (Å²) in [4.78, 5) is 8.66. The first-order chi connectivity index (χ1) is 10.0. The van der Waals surface area contributed by atoms with Crippen LogP contribution in [-0.4, -0.2) is 19.7 Å². The summed E-state index contributed by atoms with van der Waals surface area (Å²) in [5.74, 6) is 1.63. The minimum Gasteiger partial charge on any atom is -0.484 e. The van der Waals surface area contributed by atoms with Crippen LogP contribution in [0, 0.1) is 0 Å². The number of halogens is 2. The molecular weight excluding hydrogens is 402 g/mol. The van der Waals surface area contributed by atoms with E-state index in [4.69, 9.17) is 10.5 Å². The Morgan fingerprint density at radius 2 is 2.10 bits per heavy atom. The Morgan fingerprint density at radius 3 is 2.86 bits per heavy atom. The van der Waals surface area contributed by atoms with E-state index in [2.05, 4.69) is 46.9 Å². The number of hydrogen-bond acceptors (Lipinski definition) is 5. The van der Waals surface area contributed by atoms with E-state index in [1.54, 1.807) is 10.9 Å². The molecule has 1 aromatic carbocycles. The molecular formula is C13H11Br2N5O. The van der Waals surface area contributed by atoms with Crippen LogP contribution in [-0.2, 0) is 13.7 Å². The highest BCUT2D eigenvalue weighted by Crippen LogP contribution is 2.28. The molecule has 0 amide bonds. The summed E-state index contributed by atoms with van der Waals surface area (Å²) in [6.07, 6.45) is 1.65. The second-order valence-corrected chi connectivity index (χ2v) is 6.16. The van der Waals surface area contributed by atoms with Gasteiger partial charge < -0.3 is 10.5 Å². The monoisotopic (exact) mass is 411 g/mol. The number of hydrogen-bond donors (Lipinski definition) is 1. The molecule has 0 aliphatic carbocycles. The molecule has 2 heterocycles. The Hall–Kier alpha value is -1.67. The van der Waals surface area contributed by atoms with Crippen LogP contribution in [0.3, 0.4) is 0 Å². The summed E-state index contributed by atoms with van der Waals surface area (Å²) in [5, 5.41) is 4.86. The van der Waals surface area contributed by atoms with E-state index in [0.717, 1.165) is 14.3 Å². The number of ether oxygens (including phenoxy) is 1. The van der Waals surface area contributed by atoms with Gasteiger partial charge in [0.25, 0.3) is 0 Å². The molecule has 3 rings (SSSR count). The predicted octanol–water partition coefficient (Wildman–Crippen LogP) is 3.05. The molecule has 0 unspecified atom stereocenters. The lowest BCUT2D eigenvalue weighted by Gasteiger charge is -2.08. The number of aromatic nitrogens is 4. The fourth-order valence-corrected chi connectivity index (χ4v) is 3.05. The van der Waals surface area contributed by atoms with Crippen molar-refractivity contribution in [3.63, 3.8) is 0 Å². The Bertz CT molecular complexity index is 818. The van der Waals surface area contributed by atoms with Crippen LogP contribution in [0.2, 0.25) is 0 Å². The van der Waals surface area contributed by atoms with E-state index in [1.165, 1.54) is 0 Å². The molecule has 3 aromatic rings. The van der Waals surface area contributed by atoms with Gasteiger partial charge in [0.1, 0.15) is 18.2 Å². The van der Waals surface area contributed by atoms with E-state index >= 15 is 0 Å². The van der Waals surface area contributed by atoms with E-state index < -0.39 is 0 Å². The smallest absolute Gasteiger partial charge is 0.170 e. The van der Waals surface area contributed by atoms with Crippen molar-refractivity contribution in [2.75, 3.05) is 5.73 Å². The fourth-order valence-electron chi connectivity index (χ4n) is 1.89. The molecule has 2 aromatic heterocycles. The highest BCUT2D eigenvalue weighted by Gasteiger charge is 2.10. The third kappa shape index (κ3) is 2.86. The lowest BCUT2D eigenvalue weighted by Crippen LogP contribution is -2.06. The van der Waals surface area contributed by atoms with Crippen LogP contribution in [0.15, 0.2) is 33.3 Å². The summed E-state index contributed by atoms with van der Waals surface area (Å²) in [6, 6.07) is 5.68. The van der Waals surface area contributed by atoms with Crippen molar-refractivity contribution in [1.29, 1.82) is 0 Å². The second kappa shape index (κ2) is 5.61. The molecule has 0 aliphatic heterocycles. The van der Waals surface area contributed by atoms with Crippen molar-refractivity contribution < 1.29 is 4.74 Å². The van der Waals surface area contributed by atoms with Crippen LogP contribution in [0.25, 0.3) is 11.0 Å². The summed E-state index contributed by atoms with van der Waals surface area (Å²) in [6.45, 7) is 0.228. The standard InChI is InChI=1S/C13H11Br2N5O/c1-20-13-8(5-17-20)12(16)18-11(19-13)6-21-10-3-2-7(14)4-9(10)15/h2-5H,6H2,1H3,(H2,16,18,19). The maximum Gasteiger partial charge on any atom is 0.170 e. The largest absolute Gasteiger partial charge is 0.484 e. The second-order valence-electron chi connectivity index (χ2n) is 4.39. The van der Waals surface area contributed by atoms with Crippen molar-refractivity contribution in [2.24, 2.45) is 7.05 Å². The fraction of sp³-hybridized carbons (Fsp3) is 0.154. The number of fused-ring (bicyclic) bond motifs is 1. The molecule has 8 heteroatoms. The zero-order chi connectivity index (χ0) is 15.0. The Morgan fingerprint density at radius 1 is 1.29 bits per heavy atom. The van der Waals surface area contributed by atoms with Crippen molar-refractivity contribution in [3.8, 4) is 5.75 Å². The van der Waals surface area contributed by atoms with E-state index in [-0.39, 0.29) is 6.61 Å². The zero-order valence-corrected chi connectivity index (χ0v) is 14.2. The topological polar surface area (TPSA) is 78.9 Å². The average Bonchev–Trinajstić information content (AvgIpc) is 2.80. The number of benzene rings is 1. The van der Waals surface area contributed by atoms with E-state index in [0.29, 0.717) is 23.0 Å². The van der Waals surface area contributed by atoms with Crippen molar-refractivity contribution in [2.45, 2.75) is 6.61 Å². The van der Waals surface area contributed by atoms with Gasteiger partial charge in [-0.2, -0.15) is 5.10 Å². The third-order valence-electron chi connectivity index (χ3n) is 2.92. The third-order valence-corrected chi connectivity index (χ3v) is 4.03. The molecule has 6 nitrogen and oxygen atoms in total. The summed E-state index contributed by atoms with van der Waals surface area (Å²) >= 11 is 6.84. The first-order valence-electron chi connectivity index (χ1n) is 6.06. The van der Waals surface area contributed by atoms with Gasteiger partial charge in [-0.15, -0.1) is 0 Å². The molecule has 21 heavy (non-hydrogen) atoms. The molecule has 0 atom stereocenters. The molecule has 0 saturated heterocycles. The molecule has 0 spiro atoms. The van der Waals surface area contributed by atoms with Gasteiger partial charge in [-0.25, -0.2) is 9.97 Å². The van der Waals surface area contributed by atoms with E-state index in [1.807, 2.05) is 25.2 Å². The minimum absolute atomic E-state index is 0.228. The maximum atomic E-state index is 5.91. The quantitative estimate of drug-likeness (QED) is 0.715. The number of aryl methyl sites for hydroxylation is 1. The van der Waals surface area contributed by atoms with Crippen molar-refractivity contribution >= 4 is 48.7 Å². The first kappa shape index (κ1) is 14.3. The van der Waals surface area contributed by atoms with Gasteiger partial charge in [-0.1, -0.05) is 15.9 Å². The van der Waals surface area contributed by atoms with Crippen LogP contribution in [0.1, 0.15) is 5.82 Å². The van der Waals surface area contributed by atoms with Gasteiger partial charge in [-0.05, 0) is 34.1 Å². The highest BCUT2D eigenvalue weighted by molar-refractivity contribution is 9.11. The van der Waals surface area contributed by atoms with Crippen LogP contribution < -0.4 is 10.5 Å². The van der Waals surface area contributed by atoms with Gasteiger partial charge >= 0.3 is 0 Å². The zero-order valence-electron chi connectivity index (χ0n) is 11.0. The van der Waals surface area contributed by atoms with Gasteiger partial charge in [0.15, 0.2) is 11.5 Å². The SMILES string of the molecule is Cn1ncc2c(N)nc(COc3ccc(Br)cc3Br)nc21. The summed E-state index contributed by atoms with van der Waals surface area (Å²) < 4.78 is 9.20. The average molecular weight is 413 g/mol. The van der Waals surface area contributed by atoms with Gasteiger partial charge in [0.05, 0.1) is 16.1 Å². The summed E-state index contributed by atoms with van der Waals surface area (Å²) in [7, 11) is 1.81. The van der Waals surface area contributed by atoms with Gasteiger partial charge in [0.2, 0.25) is 0 Å². The highest BCUT2D eigenvalue weighted by atomic mass is 79.9. The maximum absolute atomic E-state index is 5.91. The normalized spacial score (nSPS) is 11.0. The first-order valence-corrected chi connectivity index (χ1v) is 7.65. The van der Waals surface area contributed by atoms with Crippen LogP contribution in [0.4, 0.5) is 5.82 Å². The number of anilines is 1. The van der Waals surface area contributed by atoms with Crippen LogP contribution >= 0.6 is 31.9 Å². The lowest BCUT2D eigenvalue weighted by molar-refractivity contribution is 0.294. The molecule has 2 N–H and O–H groups in total. The molecule has 0 fully saturated rings. The van der Waals surface area contributed by atoms with Crippen molar-refractivity contribution in [1.82, 2.24) is 19.7 Å². The van der Waals surface area contributed by atoms with Crippen LogP contribution in [0.5, 0.6) is 5.75 Å². The lowest BCUT2D eigenvalue weighted by atomic mass is 10.3. The number of nitrogens with two attached hydrogens (primary N) is 1. The molecule has 0 saturated carbocycles. The Balaban J connectivity index is 1.86. The molecule has 0 radical (unpaired) electrons. The minimum atomic E-state index is 0.228. The molecule has 0 bridgehead atoms. The van der Waals surface area contributed by atoms with Crippen molar-refractivity contribution in [3.05, 3.63) is 39.2 Å². The number of rotatable bonds is 3. The molecule has 108 valence electrons. The number of nitrogen functional groups attached to an aromatic ring is 1. The van der Waals surface area contributed by atoms with Gasteiger partial charge in [0, 0.05) is 11.5 Å². The van der Waals surface area contributed by atoms with Gasteiger partial charge in [-0.3, -0.25) is 4.68 Å². The molecule has 0 aliphatic rings. The Kier molecular flexibility index (Phi) is 3.81. The number of nitrogens with zero attached hydrogens (tertiary/aromatic N) is 4. The predicted molar refractivity (Wildman–Crippen MR) is 86.9 cm³/mol. The van der Waals surface area contributed by atoms with E-state index in [9.17, 15) is 0 Å².